The van der Waals surface area contributed by atoms with Gasteiger partial charge in [-0.3, -0.25) is 4.79 Å². The molecule has 21 heavy (non-hydrogen) atoms. The molecule has 4 heteroatoms. The average Bonchev–Trinajstić information content (AvgIpc) is 2.51. The van der Waals surface area contributed by atoms with Gasteiger partial charge in [0, 0.05) is 12.6 Å². The molecule has 0 heterocycles. The largest absolute Gasteiger partial charge is 0.392 e. The van der Waals surface area contributed by atoms with E-state index in [1.807, 2.05) is 24.3 Å². The zero-order valence-electron chi connectivity index (χ0n) is 11.4. The van der Waals surface area contributed by atoms with E-state index in [-0.39, 0.29) is 18.3 Å². The summed E-state index contributed by atoms with van der Waals surface area (Å²) in [5.41, 5.74) is 2.28. The second-order valence-corrected chi connectivity index (χ2v) is 4.53. The first kappa shape index (κ1) is 14.9. The predicted octanol–water partition coefficient (Wildman–Crippen LogP) is 2.65. The Balaban J connectivity index is 1.93. The summed E-state index contributed by atoms with van der Waals surface area (Å²) in [6.45, 7) is 0.272. The molecule has 108 valence electrons. The fourth-order valence-corrected chi connectivity index (χ4v) is 1.91. The van der Waals surface area contributed by atoms with E-state index in [1.165, 1.54) is 18.2 Å². The van der Waals surface area contributed by atoms with E-state index in [1.54, 1.807) is 18.2 Å². The predicted molar refractivity (Wildman–Crippen MR) is 79.6 cm³/mol. The topological polar surface area (TPSA) is 49.3 Å². The number of carbonyl (C=O) groups is 1. The molecule has 0 spiro atoms. The summed E-state index contributed by atoms with van der Waals surface area (Å²) in [7, 11) is 0. The number of hydrogen-bond acceptors (Lipinski definition) is 2. The first-order chi connectivity index (χ1) is 10.2. The maximum atomic E-state index is 13.0. The van der Waals surface area contributed by atoms with Gasteiger partial charge in [-0.25, -0.2) is 4.39 Å². The highest BCUT2D eigenvalue weighted by Gasteiger charge is 2.02. The van der Waals surface area contributed by atoms with Crippen LogP contribution in [0.1, 0.15) is 16.7 Å². The van der Waals surface area contributed by atoms with Crippen LogP contribution in [-0.2, 0) is 17.9 Å². The molecule has 0 aromatic heterocycles. The molecule has 0 bridgehead atoms. The molecule has 0 aliphatic carbocycles. The summed E-state index contributed by atoms with van der Waals surface area (Å²) >= 11 is 0. The highest BCUT2D eigenvalue weighted by atomic mass is 19.1. The number of halogens is 1. The van der Waals surface area contributed by atoms with Gasteiger partial charge in [-0.2, -0.15) is 0 Å². The zero-order chi connectivity index (χ0) is 15.1. The first-order valence-corrected chi connectivity index (χ1v) is 6.58. The number of amides is 1. The minimum absolute atomic E-state index is 0.0643. The molecule has 0 atom stereocenters. The molecular formula is C17H16FNO2. The maximum absolute atomic E-state index is 13.0. The van der Waals surface area contributed by atoms with E-state index in [0.29, 0.717) is 12.1 Å². The molecule has 0 saturated carbocycles. The Hall–Kier alpha value is -2.46. The van der Waals surface area contributed by atoms with Crippen molar-refractivity contribution in [3.63, 3.8) is 0 Å². The normalized spacial score (nSPS) is 10.8. The number of nitrogens with one attached hydrogen (secondary N) is 1. The lowest BCUT2D eigenvalue weighted by Gasteiger charge is -2.07. The number of carbonyl (C=O) groups excluding carboxylic acids is 1. The van der Waals surface area contributed by atoms with Crippen LogP contribution in [0.25, 0.3) is 6.08 Å². The van der Waals surface area contributed by atoms with Gasteiger partial charge >= 0.3 is 0 Å². The number of hydrogen-bond donors (Lipinski definition) is 2. The Labute approximate surface area is 122 Å². The molecule has 0 unspecified atom stereocenters. The molecular weight excluding hydrogens is 269 g/mol. The third-order valence-corrected chi connectivity index (χ3v) is 3.02. The van der Waals surface area contributed by atoms with Gasteiger partial charge in [0.1, 0.15) is 5.82 Å². The molecule has 2 rings (SSSR count). The van der Waals surface area contributed by atoms with Crippen LogP contribution in [0.5, 0.6) is 0 Å². The average molecular weight is 285 g/mol. The molecule has 2 N–H and O–H groups in total. The van der Waals surface area contributed by atoms with Crippen molar-refractivity contribution in [2.24, 2.45) is 0 Å². The number of rotatable bonds is 5. The maximum Gasteiger partial charge on any atom is 0.244 e. The Bertz CT molecular complexity index is 653. The fourth-order valence-electron chi connectivity index (χ4n) is 1.91. The second kappa shape index (κ2) is 7.36. The molecule has 0 aliphatic rings. The van der Waals surface area contributed by atoms with Crippen molar-refractivity contribution in [2.75, 3.05) is 0 Å². The van der Waals surface area contributed by atoms with E-state index in [0.717, 1.165) is 11.1 Å². The van der Waals surface area contributed by atoms with Gasteiger partial charge in [0.05, 0.1) is 6.61 Å². The van der Waals surface area contributed by atoms with E-state index < -0.39 is 0 Å². The van der Waals surface area contributed by atoms with E-state index in [9.17, 15) is 14.3 Å². The summed E-state index contributed by atoms with van der Waals surface area (Å²) in [5.74, 6) is -0.610. The van der Waals surface area contributed by atoms with Crippen LogP contribution in [0.2, 0.25) is 0 Å². The van der Waals surface area contributed by atoms with Gasteiger partial charge in [0.2, 0.25) is 5.91 Å². The summed E-state index contributed by atoms with van der Waals surface area (Å²) in [5, 5.41) is 11.9. The van der Waals surface area contributed by atoms with Gasteiger partial charge < -0.3 is 10.4 Å². The Morgan fingerprint density at radius 3 is 2.62 bits per heavy atom. The standard InChI is InChI=1S/C17H16FNO2/c18-16-7-3-4-13(10-16)8-9-17(21)19-11-14-5-1-2-6-15(14)12-20/h1-10,20H,11-12H2,(H,19,21)/b9-8+. The Kier molecular flexibility index (Phi) is 5.23. The van der Waals surface area contributed by atoms with Crippen LogP contribution in [0, 0.1) is 5.82 Å². The van der Waals surface area contributed by atoms with Crippen LogP contribution in [-0.4, -0.2) is 11.0 Å². The monoisotopic (exact) mass is 285 g/mol. The van der Waals surface area contributed by atoms with Crippen LogP contribution in [0.3, 0.4) is 0 Å². The summed E-state index contributed by atoms with van der Waals surface area (Å²) in [6, 6.07) is 13.3. The first-order valence-electron chi connectivity index (χ1n) is 6.58. The van der Waals surface area contributed by atoms with Gasteiger partial charge in [-0.15, -0.1) is 0 Å². The lowest BCUT2D eigenvalue weighted by Crippen LogP contribution is -2.21. The SMILES string of the molecule is O=C(/C=C/c1cccc(F)c1)NCc1ccccc1CO. The smallest absolute Gasteiger partial charge is 0.244 e. The Morgan fingerprint density at radius 1 is 1.14 bits per heavy atom. The van der Waals surface area contributed by atoms with Crippen molar-refractivity contribution in [3.8, 4) is 0 Å². The molecule has 2 aromatic carbocycles. The van der Waals surface area contributed by atoms with Crippen molar-refractivity contribution in [2.45, 2.75) is 13.2 Å². The van der Waals surface area contributed by atoms with Crippen LogP contribution in [0.15, 0.2) is 54.6 Å². The van der Waals surface area contributed by atoms with E-state index >= 15 is 0 Å². The number of aliphatic hydroxyl groups is 1. The quantitative estimate of drug-likeness (QED) is 0.830. The van der Waals surface area contributed by atoms with Gasteiger partial charge in [-0.1, -0.05) is 36.4 Å². The van der Waals surface area contributed by atoms with E-state index in [2.05, 4.69) is 5.32 Å². The van der Waals surface area contributed by atoms with E-state index in [4.69, 9.17) is 0 Å². The van der Waals surface area contributed by atoms with Crippen molar-refractivity contribution < 1.29 is 14.3 Å². The third-order valence-electron chi connectivity index (χ3n) is 3.02. The van der Waals surface area contributed by atoms with Crippen molar-refractivity contribution in [1.29, 1.82) is 0 Å². The van der Waals surface area contributed by atoms with Crippen molar-refractivity contribution >= 4 is 12.0 Å². The summed E-state index contributed by atoms with van der Waals surface area (Å²) in [4.78, 5) is 11.7. The summed E-state index contributed by atoms with van der Waals surface area (Å²) < 4.78 is 13.0. The molecule has 0 fully saturated rings. The fraction of sp³-hybridized carbons (Fsp3) is 0.118. The Morgan fingerprint density at radius 2 is 1.90 bits per heavy atom. The minimum atomic E-state index is -0.338. The second-order valence-electron chi connectivity index (χ2n) is 4.53. The lowest BCUT2D eigenvalue weighted by molar-refractivity contribution is -0.116. The molecule has 0 aliphatic heterocycles. The molecule has 1 amide bonds. The molecule has 0 radical (unpaired) electrons. The highest BCUT2D eigenvalue weighted by Crippen LogP contribution is 2.08. The van der Waals surface area contributed by atoms with Gasteiger partial charge in [-0.05, 0) is 34.9 Å². The van der Waals surface area contributed by atoms with Gasteiger partial charge in [0.15, 0.2) is 0 Å². The number of benzene rings is 2. The van der Waals surface area contributed by atoms with Crippen molar-refractivity contribution in [1.82, 2.24) is 5.32 Å². The highest BCUT2D eigenvalue weighted by molar-refractivity contribution is 5.91. The lowest BCUT2D eigenvalue weighted by atomic mass is 10.1. The minimum Gasteiger partial charge on any atom is -0.392 e. The van der Waals surface area contributed by atoms with Crippen LogP contribution >= 0.6 is 0 Å². The van der Waals surface area contributed by atoms with Crippen LogP contribution < -0.4 is 5.32 Å². The van der Waals surface area contributed by atoms with Crippen molar-refractivity contribution in [3.05, 3.63) is 77.1 Å². The molecule has 3 nitrogen and oxygen atoms in total. The third kappa shape index (κ3) is 4.54. The molecule has 0 saturated heterocycles. The van der Waals surface area contributed by atoms with Gasteiger partial charge in [0.25, 0.3) is 0 Å². The summed E-state index contributed by atoms with van der Waals surface area (Å²) in [6.07, 6.45) is 2.91. The zero-order valence-corrected chi connectivity index (χ0v) is 11.4. The number of aliphatic hydroxyl groups excluding tert-OH is 1. The molecule has 2 aromatic rings. The van der Waals surface area contributed by atoms with Crippen LogP contribution in [0.4, 0.5) is 4.39 Å².